The molecule has 1 aromatic carbocycles. The van der Waals surface area contributed by atoms with Crippen molar-refractivity contribution in [2.24, 2.45) is 0 Å². The second kappa shape index (κ2) is 5.14. The Hall–Kier alpha value is -1.84. The number of esters is 1. The van der Waals surface area contributed by atoms with Crippen LogP contribution in [0.4, 0.5) is 4.39 Å². The summed E-state index contributed by atoms with van der Waals surface area (Å²) in [6, 6.07) is 5.38. The van der Waals surface area contributed by atoms with Gasteiger partial charge in [0.1, 0.15) is 5.82 Å². The fourth-order valence-corrected chi connectivity index (χ4v) is 0.981. The van der Waals surface area contributed by atoms with Gasteiger partial charge in [-0.1, -0.05) is 12.1 Å². The van der Waals surface area contributed by atoms with Gasteiger partial charge in [0, 0.05) is 0 Å². The number of hydrogen-bond donors (Lipinski definition) is 1. The molecule has 1 aromatic rings. The fourth-order valence-electron chi connectivity index (χ4n) is 0.981. The summed E-state index contributed by atoms with van der Waals surface area (Å²) in [6.07, 6.45) is 1.22. The van der Waals surface area contributed by atoms with E-state index >= 15 is 0 Å². The van der Waals surface area contributed by atoms with Crippen molar-refractivity contribution in [2.75, 3.05) is 6.61 Å². The number of halogens is 1. The van der Waals surface area contributed by atoms with Crippen molar-refractivity contribution in [1.29, 1.82) is 0 Å². The molecule has 0 aliphatic heterocycles. The Bertz CT molecular complexity index is 368. The van der Waals surface area contributed by atoms with Crippen molar-refractivity contribution in [1.82, 2.24) is 0 Å². The summed E-state index contributed by atoms with van der Waals surface area (Å²) in [5, 5.41) is 9.26. The largest absolute Gasteiger partial charge is 0.502 e. The molecule has 0 atom stereocenters. The van der Waals surface area contributed by atoms with E-state index in [9.17, 15) is 14.3 Å². The van der Waals surface area contributed by atoms with Gasteiger partial charge in [0.05, 0.1) is 6.61 Å². The molecule has 0 aromatic heterocycles. The maximum atomic E-state index is 12.5. The van der Waals surface area contributed by atoms with Crippen LogP contribution in [0.5, 0.6) is 0 Å². The molecule has 0 spiro atoms. The van der Waals surface area contributed by atoms with Gasteiger partial charge >= 0.3 is 5.97 Å². The predicted octanol–water partition coefficient (Wildman–Crippen LogP) is 2.29. The average Bonchev–Trinajstić information content (AvgIpc) is 2.22. The first-order chi connectivity index (χ1) is 7.13. The number of aliphatic hydroxyl groups excluding tert-OH is 1. The Kier molecular flexibility index (Phi) is 3.85. The van der Waals surface area contributed by atoms with Gasteiger partial charge in [0.2, 0.25) is 5.76 Å². The normalized spacial score (nSPS) is 11.2. The Balaban J connectivity index is 2.78. The third-order valence-electron chi connectivity index (χ3n) is 1.66. The van der Waals surface area contributed by atoms with Crippen LogP contribution in [0, 0.1) is 5.82 Å². The lowest BCUT2D eigenvalue weighted by Gasteiger charge is -2.00. The summed E-state index contributed by atoms with van der Waals surface area (Å²) in [6.45, 7) is 1.84. The number of carbonyl (C=O) groups is 1. The second-order valence-electron chi connectivity index (χ2n) is 2.80. The zero-order chi connectivity index (χ0) is 11.3. The number of carbonyl (C=O) groups excluding carboxylic acids is 1. The van der Waals surface area contributed by atoms with Gasteiger partial charge in [0.25, 0.3) is 0 Å². The topological polar surface area (TPSA) is 46.5 Å². The van der Waals surface area contributed by atoms with Crippen molar-refractivity contribution in [3.8, 4) is 0 Å². The molecule has 0 heterocycles. The quantitative estimate of drug-likeness (QED) is 0.473. The van der Waals surface area contributed by atoms with E-state index < -0.39 is 11.7 Å². The Morgan fingerprint density at radius 3 is 2.60 bits per heavy atom. The van der Waals surface area contributed by atoms with E-state index in [2.05, 4.69) is 4.74 Å². The fraction of sp³-hybridized carbons (Fsp3) is 0.182. The smallest absolute Gasteiger partial charge is 0.373 e. The number of aliphatic hydroxyl groups is 1. The molecule has 0 saturated heterocycles. The highest BCUT2D eigenvalue weighted by atomic mass is 19.1. The van der Waals surface area contributed by atoms with E-state index in [0.29, 0.717) is 5.56 Å². The summed E-state index contributed by atoms with van der Waals surface area (Å²) in [5.74, 6) is -1.66. The monoisotopic (exact) mass is 210 g/mol. The molecule has 4 heteroatoms. The van der Waals surface area contributed by atoms with Crippen LogP contribution in [-0.2, 0) is 9.53 Å². The van der Waals surface area contributed by atoms with Gasteiger partial charge in [-0.3, -0.25) is 0 Å². The lowest BCUT2D eigenvalue weighted by atomic mass is 10.2. The molecule has 3 nitrogen and oxygen atoms in total. The third kappa shape index (κ3) is 3.42. The predicted molar refractivity (Wildman–Crippen MR) is 53.6 cm³/mol. The van der Waals surface area contributed by atoms with Crippen LogP contribution < -0.4 is 0 Å². The van der Waals surface area contributed by atoms with Gasteiger partial charge in [-0.15, -0.1) is 0 Å². The van der Waals surface area contributed by atoms with Crippen molar-refractivity contribution in [3.05, 3.63) is 41.4 Å². The zero-order valence-corrected chi connectivity index (χ0v) is 8.24. The molecule has 0 bridgehead atoms. The number of hydrogen-bond acceptors (Lipinski definition) is 3. The summed E-state index contributed by atoms with van der Waals surface area (Å²) >= 11 is 0. The highest BCUT2D eigenvalue weighted by molar-refractivity contribution is 5.90. The van der Waals surface area contributed by atoms with E-state index in [1.54, 1.807) is 6.92 Å². The van der Waals surface area contributed by atoms with Crippen LogP contribution in [0.2, 0.25) is 0 Å². The zero-order valence-electron chi connectivity index (χ0n) is 8.24. The summed E-state index contributed by atoms with van der Waals surface area (Å²) in [5.41, 5.74) is 0.530. The maximum absolute atomic E-state index is 12.5. The molecular weight excluding hydrogens is 199 g/mol. The van der Waals surface area contributed by atoms with E-state index in [1.165, 1.54) is 30.3 Å². The highest BCUT2D eigenvalue weighted by Crippen LogP contribution is 2.07. The minimum absolute atomic E-state index is 0.195. The Morgan fingerprint density at radius 1 is 1.47 bits per heavy atom. The SMILES string of the molecule is CCOC(=O)/C(O)=C/c1ccc(F)cc1. The first-order valence-electron chi connectivity index (χ1n) is 4.47. The Morgan fingerprint density at radius 2 is 2.07 bits per heavy atom. The highest BCUT2D eigenvalue weighted by Gasteiger charge is 2.07. The summed E-state index contributed by atoms with van der Waals surface area (Å²) in [7, 11) is 0. The second-order valence-corrected chi connectivity index (χ2v) is 2.80. The van der Waals surface area contributed by atoms with Crippen LogP contribution >= 0.6 is 0 Å². The van der Waals surface area contributed by atoms with Gasteiger partial charge < -0.3 is 9.84 Å². The van der Waals surface area contributed by atoms with Gasteiger partial charge in [-0.25, -0.2) is 9.18 Å². The third-order valence-corrected chi connectivity index (χ3v) is 1.66. The lowest BCUT2D eigenvalue weighted by Crippen LogP contribution is -2.06. The summed E-state index contributed by atoms with van der Waals surface area (Å²) in [4.78, 5) is 11.0. The molecule has 1 N–H and O–H groups in total. The van der Waals surface area contributed by atoms with Crippen LogP contribution in [-0.4, -0.2) is 17.7 Å². The molecular formula is C11H11FO3. The van der Waals surface area contributed by atoms with Crippen LogP contribution in [0.3, 0.4) is 0 Å². The molecule has 0 amide bonds. The van der Waals surface area contributed by atoms with E-state index in [-0.39, 0.29) is 12.4 Å². The van der Waals surface area contributed by atoms with Crippen LogP contribution in [0.25, 0.3) is 6.08 Å². The minimum Gasteiger partial charge on any atom is -0.502 e. The molecule has 0 aliphatic rings. The Labute approximate surface area is 86.8 Å². The molecule has 1 rings (SSSR count). The van der Waals surface area contributed by atoms with E-state index in [4.69, 9.17) is 0 Å². The van der Waals surface area contributed by atoms with Gasteiger partial charge in [-0.2, -0.15) is 0 Å². The van der Waals surface area contributed by atoms with Crippen molar-refractivity contribution >= 4 is 12.0 Å². The summed E-state index contributed by atoms with van der Waals surface area (Å²) < 4.78 is 17.1. The minimum atomic E-state index is -0.790. The van der Waals surface area contributed by atoms with Gasteiger partial charge in [-0.05, 0) is 30.7 Å². The van der Waals surface area contributed by atoms with Crippen LogP contribution in [0.15, 0.2) is 30.0 Å². The van der Waals surface area contributed by atoms with Crippen molar-refractivity contribution in [2.45, 2.75) is 6.92 Å². The molecule has 0 radical (unpaired) electrons. The molecule has 0 fully saturated rings. The van der Waals surface area contributed by atoms with E-state index in [0.717, 1.165) is 0 Å². The number of rotatable bonds is 3. The molecule has 15 heavy (non-hydrogen) atoms. The maximum Gasteiger partial charge on any atom is 0.373 e. The average molecular weight is 210 g/mol. The first-order valence-corrected chi connectivity index (χ1v) is 4.47. The molecule has 0 saturated carbocycles. The van der Waals surface area contributed by atoms with Gasteiger partial charge in [0.15, 0.2) is 0 Å². The van der Waals surface area contributed by atoms with E-state index in [1.807, 2.05) is 0 Å². The molecule has 80 valence electrons. The number of benzene rings is 1. The first kappa shape index (κ1) is 11.2. The lowest BCUT2D eigenvalue weighted by molar-refractivity contribution is -0.141. The molecule has 0 aliphatic carbocycles. The molecule has 0 unspecified atom stereocenters. The standard InChI is InChI=1S/C11H11FO3/c1-2-15-11(14)10(13)7-8-3-5-9(12)6-4-8/h3-7,13H,2H2,1H3/b10-7-. The van der Waals surface area contributed by atoms with Crippen molar-refractivity contribution < 1.29 is 19.0 Å². The number of ether oxygens (including phenoxy) is 1. The van der Waals surface area contributed by atoms with Crippen molar-refractivity contribution in [3.63, 3.8) is 0 Å². The van der Waals surface area contributed by atoms with Crippen LogP contribution in [0.1, 0.15) is 12.5 Å².